The van der Waals surface area contributed by atoms with E-state index in [1.165, 1.54) is 6.07 Å². The molecule has 0 aliphatic heterocycles. The van der Waals surface area contributed by atoms with Crippen molar-refractivity contribution in [3.8, 4) is 0 Å². The van der Waals surface area contributed by atoms with Crippen molar-refractivity contribution in [2.24, 2.45) is 5.92 Å². The van der Waals surface area contributed by atoms with Gasteiger partial charge in [0.2, 0.25) is 0 Å². The number of hydrogen-bond donors (Lipinski definition) is 1. The van der Waals surface area contributed by atoms with Gasteiger partial charge in [-0.1, -0.05) is 25.1 Å². The minimum absolute atomic E-state index is 0.119. The molecule has 0 bridgehead atoms. The van der Waals surface area contributed by atoms with Crippen LogP contribution in [0, 0.1) is 11.7 Å². The van der Waals surface area contributed by atoms with Crippen LogP contribution in [0.2, 0.25) is 0 Å². The summed E-state index contributed by atoms with van der Waals surface area (Å²) in [6.07, 6.45) is 1.70. The lowest BCUT2D eigenvalue weighted by Crippen LogP contribution is -2.35. The fourth-order valence-corrected chi connectivity index (χ4v) is 1.99. The van der Waals surface area contributed by atoms with Crippen LogP contribution in [0.5, 0.6) is 0 Å². The van der Waals surface area contributed by atoms with E-state index >= 15 is 0 Å². The average Bonchev–Trinajstić information content (AvgIpc) is 2.35. The fourth-order valence-electron chi connectivity index (χ4n) is 1.99. The molecule has 0 aliphatic carbocycles. The van der Waals surface area contributed by atoms with Crippen LogP contribution in [-0.2, 0) is 11.2 Å². The van der Waals surface area contributed by atoms with Gasteiger partial charge in [-0.2, -0.15) is 0 Å². The standard InChI is InChI=1S/C14H22FNO/c1-11(8-9-17-3)14(16-2)10-12-6-4-5-7-13(12)15/h4-7,11,14,16H,8-10H2,1-3H3. The fraction of sp³-hybridized carbons (Fsp3) is 0.571. The predicted molar refractivity (Wildman–Crippen MR) is 68.6 cm³/mol. The minimum atomic E-state index is -0.119. The molecule has 17 heavy (non-hydrogen) atoms. The maximum absolute atomic E-state index is 13.5. The molecule has 1 aromatic rings. The quantitative estimate of drug-likeness (QED) is 0.789. The van der Waals surface area contributed by atoms with Crippen LogP contribution < -0.4 is 5.32 Å². The number of halogens is 1. The first kappa shape index (κ1) is 14.1. The van der Waals surface area contributed by atoms with Gasteiger partial charge in [0.1, 0.15) is 5.82 Å². The summed E-state index contributed by atoms with van der Waals surface area (Å²) >= 11 is 0. The Kier molecular flexibility index (Phi) is 6.16. The van der Waals surface area contributed by atoms with Gasteiger partial charge in [0.25, 0.3) is 0 Å². The largest absolute Gasteiger partial charge is 0.385 e. The summed E-state index contributed by atoms with van der Waals surface area (Å²) < 4.78 is 18.6. The van der Waals surface area contributed by atoms with E-state index in [1.807, 2.05) is 19.2 Å². The number of rotatable bonds is 7. The second-order valence-electron chi connectivity index (χ2n) is 4.45. The molecule has 0 radical (unpaired) electrons. The lowest BCUT2D eigenvalue weighted by Gasteiger charge is -2.23. The molecule has 2 unspecified atom stereocenters. The number of benzene rings is 1. The Labute approximate surface area is 103 Å². The highest BCUT2D eigenvalue weighted by Crippen LogP contribution is 2.16. The number of hydrogen-bond acceptors (Lipinski definition) is 2. The van der Waals surface area contributed by atoms with Gasteiger partial charge >= 0.3 is 0 Å². The van der Waals surface area contributed by atoms with E-state index in [-0.39, 0.29) is 11.9 Å². The zero-order chi connectivity index (χ0) is 12.7. The Morgan fingerprint density at radius 2 is 2.06 bits per heavy atom. The number of methoxy groups -OCH3 is 1. The summed E-state index contributed by atoms with van der Waals surface area (Å²) in [5, 5.41) is 3.26. The number of ether oxygens (including phenoxy) is 1. The van der Waals surface area contributed by atoms with Gasteiger partial charge in [0.05, 0.1) is 0 Å². The van der Waals surface area contributed by atoms with E-state index in [2.05, 4.69) is 12.2 Å². The van der Waals surface area contributed by atoms with E-state index in [0.29, 0.717) is 12.3 Å². The van der Waals surface area contributed by atoms with E-state index in [0.717, 1.165) is 18.6 Å². The van der Waals surface area contributed by atoms with Crippen LogP contribution >= 0.6 is 0 Å². The molecule has 96 valence electrons. The van der Waals surface area contributed by atoms with Gasteiger partial charge in [-0.05, 0) is 37.4 Å². The van der Waals surface area contributed by atoms with Gasteiger partial charge in [-0.25, -0.2) is 4.39 Å². The SMILES string of the molecule is CNC(Cc1ccccc1F)C(C)CCOC. The van der Waals surface area contributed by atoms with Gasteiger partial charge < -0.3 is 10.1 Å². The van der Waals surface area contributed by atoms with Crippen molar-refractivity contribution >= 4 is 0 Å². The molecule has 0 aliphatic rings. The third kappa shape index (κ3) is 4.44. The van der Waals surface area contributed by atoms with E-state index in [4.69, 9.17) is 4.74 Å². The first-order chi connectivity index (χ1) is 8.19. The average molecular weight is 239 g/mol. The summed E-state index contributed by atoms with van der Waals surface area (Å²) in [7, 11) is 3.63. The number of likely N-dealkylation sites (N-methyl/N-ethyl adjacent to an activating group) is 1. The van der Waals surface area contributed by atoms with Crippen molar-refractivity contribution in [2.45, 2.75) is 25.8 Å². The molecule has 0 heterocycles. The summed E-state index contributed by atoms with van der Waals surface area (Å²) in [5.41, 5.74) is 0.774. The van der Waals surface area contributed by atoms with Crippen LogP contribution in [0.3, 0.4) is 0 Å². The molecule has 1 aromatic carbocycles. The van der Waals surface area contributed by atoms with E-state index in [1.54, 1.807) is 13.2 Å². The highest BCUT2D eigenvalue weighted by atomic mass is 19.1. The molecular formula is C14H22FNO. The van der Waals surface area contributed by atoms with E-state index in [9.17, 15) is 4.39 Å². The van der Waals surface area contributed by atoms with Crippen LogP contribution in [0.15, 0.2) is 24.3 Å². The third-order valence-electron chi connectivity index (χ3n) is 3.23. The lowest BCUT2D eigenvalue weighted by molar-refractivity contribution is 0.171. The second kappa shape index (κ2) is 7.41. The van der Waals surface area contributed by atoms with Crippen molar-refractivity contribution in [1.29, 1.82) is 0 Å². The van der Waals surface area contributed by atoms with Crippen LogP contribution in [0.4, 0.5) is 4.39 Å². The predicted octanol–water partition coefficient (Wildman–Crippen LogP) is 2.63. The maximum atomic E-state index is 13.5. The summed E-state index contributed by atoms with van der Waals surface area (Å²) in [6.45, 7) is 2.91. The van der Waals surface area contributed by atoms with E-state index < -0.39 is 0 Å². The van der Waals surface area contributed by atoms with Crippen LogP contribution in [-0.4, -0.2) is 26.8 Å². The Morgan fingerprint density at radius 3 is 2.65 bits per heavy atom. The molecule has 0 saturated heterocycles. The van der Waals surface area contributed by atoms with Crippen LogP contribution in [0.25, 0.3) is 0 Å². The maximum Gasteiger partial charge on any atom is 0.126 e. The third-order valence-corrected chi connectivity index (χ3v) is 3.23. The molecule has 1 N–H and O–H groups in total. The second-order valence-corrected chi connectivity index (χ2v) is 4.45. The first-order valence-corrected chi connectivity index (χ1v) is 6.08. The summed E-state index contributed by atoms with van der Waals surface area (Å²) in [4.78, 5) is 0. The normalized spacial score (nSPS) is 14.6. The molecule has 0 fully saturated rings. The molecular weight excluding hydrogens is 217 g/mol. The van der Waals surface area contributed by atoms with Crippen molar-refractivity contribution in [2.75, 3.05) is 20.8 Å². The summed E-state index contributed by atoms with van der Waals surface area (Å²) in [6, 6.07) is 7.25. The number of nitrogens with one attached hydrogen (secondary N) is 1. The Hall–Kier alpha value is -0.930. The zero-order valence-electron chi connectivity index (χ0n) is 10.9. The molecule has 2 atom stereocenters. The van der Waals surface area contributed by atoms with Crippen molar-refractivity contribution in [1.82, 2.24) is 5.32 Å². The van der Waals surface area contributed by atoms with Crippen molar-refractivity contribution in [3.05, 3.63) is 35.6 Å². The molecule has 1 rings (SSSR count). The molecule has 3 heteroatoms. The molecule has 0 spiro atoms. The molecule has 0 amide bonds. The van der Waals surface area contributed by atoms with Gasteiger partial charge in [0.15, 0.2) is 0 Å². The van der Waals surface area contributed by atoms with Gasteiger partial charge in [-0.3, -0.25) is 0 Å². The van der Waals surface area contributed by atoms with Crippen molar-refractivity contribution < 1.29 is 9.13 Å². The lowest BCUT2D eigenvalue weighted by atomic mass is 9.92. The summed E-state index contributed by atoms with van der Waals surface area (Å²) in [5.74, 6) is 0.339. The molecule has 2 nitrogen and oxygen atoms in total. The van der Waals surface area contributed by atoms with Gasteiger partial charge in [-0.15, -0.1) is 0 Å². The molecule has 0 aromatic heterocycles. The van der Waals surface area contributed by atoms with Gasteiger partial charge in [0, 0.05) is 19.8 Å². The molecule has 0 saturated carbocycles. The Balaban J connectivity index is 2.60. The highest BCUT2D eigenvalue weighted by Gasteiger charge is 2.17. The van der Waals surface area contributed by atoms with Crippen molar-refractivity contribution in [3.63, 3.8) is 0 Å². The zero-order valence-corrected chi connectivity index (χ0v) is 10.9. The minimum Gasteiger partial charge on any atom is -0.385 e. The highest BCUT2D eigenvalue weighted by molar-refractivity contribution is 5.18. The Morgan fingerprint density at radius 1 is 1.35 bits per heavy atom. The monoisotopic (exact) mass is 239 g/mol. The van der Waals surface area contributed by atoms with Crippen LogP contribution in [0.1, 0.15) is 18.9 Å². The first-order valence-electron chi connectivity index (χ1n) is 6.08. The topological polar surface area (TPSA) is 21.3 Å². The smallest absolute Gasteiger partial charge is 0.126 e. The Bertz CT molecular complexity index is 330.